The number of likely N-dealkylation sites (N-methyl/N-ethyl adjacent to an activating group) is 1. The molecule has 1 unspecified atom stereocenters. The van der Waals surface area contributed by atoms with Crippen LogP contribution >= 0.6 is 0 Å². The third kappa shape index (κ3) is 2.54. The van der Waals surface area contributed by atoms with Gasteiger partial charge in [-0.2, -0.15) is 4.98 Å². The van der Waals surface area contributed by atoms with Gasteiger partial charge in [0, 0.05) is 26.2 Å². The molecule has 0 aliphatic carbocycles. The Morgan fingerprint density at radius 1 is 1.30 bits per heavy atom. The molecule has 3 rings (SSSR count). The van der Waals surface area contributed by atoms with Crippen molar-refractivity contribution in [3.8, 4) is 0 Å². The monoisotopic (exact) mass is 279 g/mol. The predicted molar refractivity (Wildman–Crippen MR) is 77.8 cm³/mol. The van der Waals surface area contributed by atoms with E-state index in [0.29, 0.717) is 0 Å². The number of hydrogen-bond donors (Lipinski definition) is 1. The number of nitrogens with one attached hydrogen (secondary N) is 1. The topological polar surface area (TPSA) is 57.4 Å². The van der Waals surface area contributed by atoms with Crippen LogP contribution in [0.5, 0.6) is 0 Å². The predicted octanol–water partition coefficient (Wildman–Crippen LogP) is 1.20. The molecule has 2 saturated heterocycles. The van der Waals surface area contributed by atoms with Gasteiger partial charge in [-0.15, -0.1) is 0 Å². The normalized spacial score (nSPS) is 28.2. The third-order valence-corrected chi connectivity index (χ3v) is 4.53. The van der Waals surface area contributed by atoms with E-state index >= 15 is 0 Å². The zero-order valence-electron chi connectivity index (χ0n) is 12.6. The van der Waals surface area contributed by atoms with Crippen molar-refractivity contribution in [2.75, 3.05) is 44.7 Å². The Kier molecular flexibility index (Phi) is 3.94. The molecule has 0 bridgehead atoms. The molecule has 0 spiro atoms. The summed E-state index contributed by atoms with van der Waals surface area (Å²) in [6.07, 6.45) is 4.48. The van der Waals surface area contributed by atoms with E-state index in [2.05, 4.69) is 34.2 Å². The van der Waals surface area contributed by atoms with E-state index in [-0.39, 0.29) is 5.54 Å². The van der Waals surface area contributed by atoms with Crippen LogP contribution in [-0.2, 0) is 5.54 Å². The van der Waals surface area contributed by atoms with Crippen molar-refractivity contribution in [3.05, 3.63) is 5.89 Å². The average molecular weight is 279 g/mol. The molecule has 0 radical (unpaired) electrons. The van der Waals surface area contributed by atoms with Gasteiger partial charge in [-0.3, -0.25) is 0 Å². The molecule has 0 amide bonds. The molecule has 2 fully saturated rings. The molecule has 6 nitrogen and oxygen atoms in total. The Morgan fingerprint density at radius 2 is 2.10 bits per heavy atom. The van der Waals surface area contributed by atoms with Crippen LogP contribution in [0.4, 0.5) is 5.95 Å². The molecule has 1 atom stereocenters. The molecule has 112 valence electrons. The van der Waals surface area contributed by atoms with Gasteiger partial charge >= 0.3 is 0 Å². The van der Waals surface area contributed by atoms with Crippen LogP contribution in [0.15, 0.2) is 4.52 Å². The summed E-state index contributed by atoms with van der Waals surface area (Å²) in [7, 11) is 2.15. The van der Waals surface area contributed by atoms with E-state index in [0.717, 1.165) is 63.8 Å². The first kappa shape index (κ1) is 13.8. The molecule has 2 aliphatic heterocycles. The Hall–Kier alpha value is -1.14. The minimum Gasteiger partial charge on any atom is -0.336 e. The Morgan fingerprint density at radius 3 is 2.75 bits per heavy atom. The van der Waals surface area contributed by atoms with Crippen molar-refractivity contribution < 1.29 is 4.52 Å². The van der Waals surface area contributed by atoms with Crippen LogP contribution in [0.1, 0.15) is 38.5 Å². The quantitative estimate of drug-likeness (QED) is 0.894. The van der Waals surface area contributed by atoms with Gasteiger partial charge in [0.1, 0.15) is 0 Å². The third-order valence-electron chi connectivity index (χ3n) is 4.53. The molecule has 0 saturated carbocycles. The highest BCUT2D eigenvalue weighted by atomic mass is 16.5. The summed E-state index contributed by atoms with van der Waals surface area (Å²) in [5.74, 6) is 1.54. The maximum absolute atomic E-state index is 5.61. The molecule has 2 aliphatic rings. The van der Waals surface area contributed by atoms with E-state index in [1.54, 1.807) is 0 Å². The van der Waals surface area contributed by atoms with Gasteiger partial charge in [0.2, 0.25) is 5.89 Å². The lowest BCUT2D eigenvalue weighted by Gasteiger charge is -2.31. The van der Waals surface area contributed by atoms with Gasteiger partial charge in [-0.25, -0.2) is 0 Å². The van der Waals surface area contributed by atoms with Crippen molar-refractivity contribution in [3.63, 3.8) is 0 Å². The van der Waals surface area contributed by atoms with Gasteiger partial charge in [0.15, 0.2) is 0 Å². The summed E-state index contributed by atoms with van der Waals surface area (Å²) >= 11 is 0. The van der Waals surface area contributed by atoms with Crippen molar-refractivity contribution in [2.45, 2.75) is 38.1 Å². The number of nitrogens with zero attached hydrogens (tertiary/aromatic N) is 4. The smallest absolute Gasteiger partial charge is 0.266 e. The highest BCUT2D eigenvalue weighted by Gasteiger charge is 2.40. The maximum Gasteiger partial charge on any atom is 0.266 e. The molecule has 1 aromatic rings. The number of rotatable bonds is 4. The fourth-order valence-corrected chi connectivity index (χ4v) is 3.28. The highest BCUT2D eigenvalue weighted by molar-refractivity contribution is 5.30. The Balaban J connectivity index is 1.75. The minimum atomic E-state index is -0.0768. The number of piperazine rings is 1. The second kappa shape index (κ2) is 5.69. The maximum atomic E-state index is 5.61. The highest BCUT2D eigenvalue weighted by Crippen LogP contribution is 2.35. The van der Waals surface area contributed by atoms with Gasteiger partial charge in [-0.05, 0) is 38.0 Å². The van der Waals surface area contributed by atoms with Crippen LogP contribution in [0.25, 0.3) is 0 Å². The number of hydrogen-bond acceptors (Lipinski definition) is 6. The first-order valence-corrected chi connectivity index (χ1v) is 7.76. The van der Waals surface area contributed by atoms with Crippen molar-refractivity contribution in [2.24, 2.45) is 0 Å². The Labute approximate surface area is 120 Å². The number of aromatic nitrogens is 2. The lowest BCUT2D eigenvalue weighted by molar-refractivity contribution is 0.241. The molecule has 20 heavy (non-hydrogen) atoms. The summed E-state index contributed by atoms with van der Waals surface area (Å²) in [6.45, 7) is 7.32. The Bertz CT molecular complexity index is 433. The van der Waals surface area contributed by atoms with E-state index in [4.69, 9.17) is 9.51 Å². The lowest BCUT2D eigenvalue weighted by atomic mass is 9.92. The lowest BCUT2D eigenvalue weighted by Crippen LogP contribution is -2.45. The van der Waals surface area contributed by atoms with Crippen LogP contribution in [0.2, 0.25) is 0 Å². The fourth-order valence-electron chi connectivity index (χ4n) is 3.28. The van der Waals surface area contributed by atoms with E-state index < -0.39 is 0 Å². The van der Waals surface area contributed by atoms with Crippen LogP contribution < -0.4 is 10.2 Å². The first-order valence-electron chi connectivity index (χ1n) is 7.76. The van der Waals surface area contributed by atoms with E-state index in [1.807, 2.05) is 0 Å². The minimum absolute atomic E-state index is 0.0768. The summed E-state index contributed by atoms with van der Waals surface area (Å²) in [6, 6.07) is 0. The van der Waals surface area contributed by atoms with Crippen LogP contribution in [0.3, 0.4) is 0 Å². The molecular formula is C14H25N5O. The van der Waals surface area contributed by atoms with Gasteiger partial charge in [0.05, 0.1) is 5.54 Å². The average Bonchev–Trinajstić information content (AvgIpc) is 3.09. The second-order valence-electron chi connectivity index (χ2n) is 6.05. The summed E-state index contributed by atoms with van der Waals surface area (Å²) in [4.78, 5) is 9.25. The first-order chi connectivity index (χ1) is 9.73. The molecular weight excluding hydrogens is 254 g/mol. The van der Waals surface area contributed by atoms with E-state index in [1.165, 1.54) is 6.42 Å². The van der Waals surface area contributed by atoms with Crippen molar-refractivity contribution in [1.29, 1.82) is 0 Å². The fraction of sp³-hybridized carbons (Fsp3) is 0.857. The molecule has 6 heteroatoms. The summed E-state index contributed by atoms with van der Waals surface area (Å²) < 4.78 is 5.61. The number of anilines is 1. The van der Waals surface area contributed by atoms with E-state index in [9.17, 15) is 0 Å². The van der Waals surface area contributed by atoms with Gasteiger partial charge < -0.3 is 19.6 Å². The molecule has 1 aromatic heterocycles. The molecule has 1 N–H and O–H groups in total. The largest absolute Gasteiger partial charge is 0.336 e. The van der Waals surface area contributed by atoms with Crippen molar-refractivity contribution >= 4 is 5.95 Å². The standard InChI is InChI=1S/C14H25N5O/c1-3-5-14(6-4-7-15-14)12-16-13(17-20-12)19-10-8-18(2)9-11-19/h15H,3-11H2,1-2H3. The van der Waals surface area contributed by atoms with Gasteiger partial charge in [0.25, 0.3) is 5.95 Å². The zero-order valence-corrected chi connectivity index (χ0v) is 12.6. The molecule has 0 aromatic carbocycles. The van der Waals surface area contributed by atoms with Crippen LogP contribution in [-0.4, -0.2) is 54.8 Å². The van der Waals surface area contributed by atoms with Crippen molar-refractivity contribution in [1.82, 2.24) is 20.4 Å². The molecule has 3 heterocycles. The SMILES string of the molecule is CCCC1(c2nc(N3CCN(C)CC3)no2)CCCN1. The van der Waals surface area contributed by atoms with Crippen LogP contribution in [0, 0.1) is 0 Å². The summed E-state index contributed by atoms with van der Waals surface area (Å²) in [5, 5.41) is 7.81. The second-order valence-corrected chi connectivity index (χ2v) is 6.05. The van der Waals surface area contributed by atoms with Gasteiger partial charge in [-0.1, -0.05) is 13.3 Å². The summed E-state index contributed by atoms with van der Waals surface area (Å²) in [5.41, 5.74) is -0.0768. The zero-order chi connectivity index (χ0) is 14.0.